The highest BCUT2D eigenvalue weighted by molar-refractivity contribution is 5.88. The van der Waals surface area contributed by atoms with Gasteiger partial charge in [-0.15, -0.1) is 0 Å². The van der Waals surface area contributed by atoms with E-state index in [1.807, 2.05) is 0 Å². The number of carboxylic acids is 1. The van der Waals surface area contributed by atoms with Gasteiger partial charge >= 0.3 is 5.97 Å². The lowest BCUT2D eigenvalue weighted by molar-refractivity contribution is 0.0690. The Morgan fingerprint density at radius 2 is 1.95 bits per heavy atom. The van der Waals surface area contributed by atoms with Crippen molar-refractivity contribution in [2.24, 2.45) is 0 Å². The van der Waals surface area contributed by atoms with Crippen molar-refractivity contribution in [1.82, 2.24) is 4.98 Å². The molecule has 2 rings (SSSR count). The van der Waals surface area contributed by atoms with Gasteiger partial charge in [-0.05, 0) is 18.2 Å². The van der Waals surface area contributed by atoms with Crippen LogP contribution in [0.15, 0.2) is 30.5 Å². The monoisotopic (exact) mass is 269 g/mol. The van der Waals surface area contributed by atoms with E-state index in [0.29, 0.717) is 6.07 Å². The number of pyridine rings is 1. The van der Waals surface area contributed by atoms with Crippen molar-refractivity contribution < 1.29 is 27.8 Å². The summed E-state index contributed by atoms with van der Waals surface area (Å²) < 4.78 is 44.4. The van der Waals surface area contributed by atoms with Crippen molar-refractivity contribution in [1.29, 1.82) is 0 Å². The van der Waals surface area contributed by atoms with Gasteiger partial charge in [-0.3, -0.25) is 0 Å². The minimum absolute atomic E-state index is 0.463. The van der Waals surface area contributed by atoms with E-state index < -0.39 is 40.6 Å². The standard InChI is InChI=1S/C12H6F3NO3/c13-6-1-2-9(8(14)5-6)19-11-10(15)7(12(17)18)3-4-16-11/h1-5H,(H,17,18). The molecule has 1 heterocycles. The molecule has 4 nitrogen and oxygen atoms in total. The predicted molar refractivity (Wildman–Crippen MR) is 57.6 cm³/mol. The molecule has 0 atom stereocenters. The number of hydrogen-bond donors (Lipinski definition) is 1. The van der Waals surface area contributed by atoms with Crippen LogP contribution in [0, 0.1) is 17.5 Å². The predicted octanol–water partition coefficient (Wildman–Crippen LogP) is 2.99. The molecular formula is C12H6F3NO3. The zero-order valence-corrected chi connectivity index (χ0v) is 9.23. The lowest BCUT2D eigenvalue weighted by Gasteiger charge is -2.07. The quantitative estimate of drug-likeness (QED) is 0.930. The molecule has 19 heavy (non-hydrogen) atoms. The van der Waals surface area contributed by atoms with Crippen LogP contribution in [0.4, 0.5) is 13.2 Å². The van der Waals surface area contributed by atoms with E-state index in [0.717, 1.165) is 24.4 Å². The summed E-state index contributed by atoms with van der Waals surface area (Å²) in [6, 6.07) is 3.34. The molecule has 2 aromatic rings. The van der Waals surface area contributed by atoms with Crippen LogP contribution in [0.1, 0.15) is 10.4 Å². The smallest absolute Gasteiger partial charge is 0.338 e. The fourth-order valence-corrected chi connectivity index (χ4v) is 1.32. The molecule has 0 saturated heterocycles. The van der Waals surface area contributed by atoms with Crippen molar-refractivity contribution in [2.75, 3.05) is 0 Å². The van der Waals surface area contributed by atoms with Gasteiger partial charge in [0, 0.05) is 12.3 Å². The van der Waals surface area contributed by atoms with Crippen LogP contribution in [0.2, 0.25) is 0 Å². The Bertz CT molecular complexity index is 646. The van der Waals surface area contributed by atoms with Gasteiger partial charge in [0.15, 0.2) is 17.4 Å². The number of carbonyl (C=O) groups is 1. The maximum Gasteiger partial charge on any atom is 0.338 e. The number of hydrogen-bond acceptors (Lipinski definition) is 3. The summed E-state index contributed by atoms with van der Waals surface area (Å²) in [6.45, 7) is 0. The molecule has 0 radical (unpaired) electrons. The van der Waals surface area contributed by atoms with Gasteiger partial charge in [0.25, 0.3) is 5.88 Å². The summed E-state index contributed by atoms with van der Waals surface area (Å²) in [7, 11) is 0. The maximum absolute atomic E-state index is 13.7. The van der Waals surface area contributed by atoms with E-state index in [1.165, 1.54) is 0 Å². The molecular weight excluding hydrogens is 263 g/mol. The largest absolute Gasteiger partial charge is 0.478 e. The summed E-state index contributed by atoms with van der Waals surface area (Å²) in [5.41, 5.74) is -0.660. The summed E-state index contributed by atoms with van der Waals surface area (Å²) >= 11 is 0. The van der Waals surface area contributed by atoms with Crippen molar-refractivity contribution in [3.8, 4) is 11.6 Å². The number of aromatic carboxylic acids is 1. The van der Waals surface area contributed by atoms with Crippen LogP contribution in [0.5, 0.6) is 11.6 Å². The van der Waals surface area contributed by atoms with Crippen LogP contribution in [-0.2, 0) is 0 Å². The van der Waals surface area contributed by atoms with E-state index in [-0.39, 0.29) is 0 Å². The Labute approximate surface area is 105 Å². The molecule has 1 aromatic carbocycles. The second kappa shape index (κ2) is 4.97. The lowest BCUT2D eigenvalue weighted by atomic mass is 10.2. The number of aromatic nitrogens is 1. The summed E-state index contributed by atoms with van der Waals surface area (Å²) in [6.07, 6.45) is 1.00. The summed E-state index contributed by atoms with van der Waals surface area (Å²) in [4.78, 5) is 14.2. The third kappa shape index (κ3) is 2.65. The highest BCUT2D eigenvalue weighted by atomic mass is 19.1. The van der Waals surface area contributed by atoms with Crippen molar-refractivity contribution >= 4 is 5.97 Å². The Balaban J connectivity index is 2.38. The van der Waals surface area contributed by atoms with Gasteiger partial charge in [-0.2, -0.15) is 0 Å². The second-order valence-corrected chi connectivity index (χ2v) is 3.46. The fraction of sp³-hybridized carbons (Fsp3) is 0. The molecule has 0 bridgehead atoms. The lowest BCUT2D eigenvalue weighted by Crippen LogP contribution is -2.04. The third-order valence-corrected chi connectivity index (χ3v) is 2.19. The molecule has 0 spiro atoms. The first-order chi connectivity index (χ1) is 8.99. The number of halogens is 3. The second-order valence-electron chi connectivity index (χ2n) is 3.46. The van der Waals surface area contributed by atoms with Gasteiger partial charge in [0.05, 0.1) is 0 Å². The van der Waals surface area contributed by atoms with E-state index in [1.54, 1.807) is 0 Å². The molecule has 98 valence electrons. The summed E-state index contributed by atoms with van der Waals surface area (Å²) in [5.74, 6) is -5.79. The van der Waals surface area contributed by atoms with Crippen LogP contribution in [-0.4, -0.2) is 16.1 Å². The molecule has 0 aliphatic heterocycles. The topological polar surface area (TPSA) is 59.4 Å². The van der Waals surface area contributed by atoms with Crippen LogP contribution in [0.3, 0.4) is 0 Å². The van der Waals surface area contributed by atoms with Gasteiger partial charge in [0.1, 0.15) is 11.4 Å². The first kappa shape index (κ1) is 12.9. The van der Waals surface area contributed by atoms with E-state index in [4.69, 9.17) is 9.84 Å². The third-order valence-electron chi connectivity index (χ3n) is 2.19. The number of ether oxygens (including phenoxy) is 1. The molecule has 1 N–H and O–H groups in total. The SMILES string of the molecule is O=C(O)c1ccnc(Oc2ccc(F)cc2F)c1F. The van der Waals surface area contributed by atoms with Crippen LogP contribution >= 0.6 is 0 Å². The molecule has 0 amide bonds. The van der Waals surface area contributed by atoms with Gasteiger partial charge in [-0.1, -0.05) is 0 Å². The first-order valence-electron chi connectivity index (χ1n) is 4.99. The Morgan fingerprint density at radius 1 is 1.21 bits per heavy atom. The number of rotatable bonds is 3. The van der Waals surface area contributed by atoms with Gasteiger partial charge in [0.2, 0.25) is 0 Å². The normalized spacial score (nSPS) is 10.3. The van der Waals surface area contributed by atoms with Gasteiger partial charge in [-0.25, -0.2) is 22.9 Å². The number of nitrogens with zero attached hydrogens (tertiary/aromatic N) is 1. The Hall–Kier alpha value is -2.57. The van der Waals surface area contributed by atoms with Crippen LogP contribution < -0.4 is 4.74 Å². The highest BCUT2D eigenvalue weighted by Crippen LogP contribution is 2.26. The average Bonchev–Trinajstić information content (AvgIpc) is 2.34. The number of carboxylic acid groups (broad SMARTS) is 1. The fourth-order valence-electron chi connectivity index (χ4n) is 1.32. The Morgan fingerprint density at radius 3 is 2.58 bits per heavy atom. The molecule has 0 aliphatic rings. The summed E-state index contributed by atoms with van der Waals surface area (Å²) in [5, 5.41) is 8.70. The van der Waals surface area contributed by atoms with Crippen LogP contribution in [0.25, 0.3) is 0 Å². The molecule has 7 heteroatoms. The average molecular weight is 269 g/mol. The Kier molecular flexibility index (Phi) is 3.37. The van der Waals surface area contributed by atoms with E-state index in [2.05, 4.69) is 4.98 Å². The molecule has 0 unspecified atom stereocenters. The zero-order chi connectivity index (χ0) is 14.0. The maximum atomic E-state index is 13.7. The zero-order valence-electron chi connectivity index (χ0n) is 9.23. The molecule has 0 aliphatic carbocycles. The van der Waals surface area contributed by atoms with E-state index >= 15 is 0 Å². The molecule has 0 fully saturated rings. The molecule has 0 saturated carbocycles. The van der Waals surface area contributed by atoms with E-state index in [9.17, 15) is 18.0 Å². The minimum atomic E-state index is -1.51. The van der Waals surface area contributed by atoms with Crippen molar-refractivity contribution in [3.63, 3.8) is 0 Å². The molecule has 1 aromatic heterocycles. The number of benzene rings is 1. The van der Waals surface area contributed by atoms with Crippen molar-refractivity contribution in [3.05, 3.63) is 53.5 Å². The first-order valence-corrected chi connectivity index (χ1v) is 4.99. The van der Waals surface area contributed by atoms with Gasteiger partial charge < -0.3 is 9.84 Å². The van der Waals surface area contributed by atoms with Crippen molar-refractivity contribution in [2.45, 2.75) is 0 Å². The minimum Gasteiger partial charge on any atom is -0.478 e. The highest BCUT2D eigenvalue weighted by Gasteiger charge is 2.18.